The first-order valence-corrected chi connectivity index (χ1v) is 9.19. The summed E-state index contributed by atoms with van der Waals surface area (Å²) in [4.78, 5) is 12.3. The standard InChI is InChI=1S/C18H15ClF2N4OS/c1-10(17(26)22-15-9-11(20)7-8-14(15)21)27-18-24-23-16(25(18)2)12-5-3-4-6-13(12)19/h3-10H,1-2H3,(H,22,26)/t10-/m0/s1. The number of anilines is 1. The fraction of sp³-hybridized carbons (Fsp3) is 0.167. The summed E-state index contributed by atoms with van der Waals surface area (Å²) >= 11 is 7.34. The zero-order chi connectivity index (χ0) is 19.6. The van der Waals surface area contributed by atoms with Gasteiger partial charge in [-0.15, -0.1) is 10.2 Å². The molecule has 3 rings (SSSR count). The third-order valence-corrected chi connectivity index (χ3v) is 5.25. The van der Waals surface area contributed by atoms with Gasteiger partial charge in [0, 0.05) is 18.7 Å². The molecule has 27 heavy (non-hydrogen) atoms. The van der Waals surface area contributed by atoms with Crippen LogP contribution in [0.5, 0.6) is 0 Å². The van der Waals surface area contributed by atoms with Crippen molar-refractivity contribution in [3.8, 4) is 11.4 Å². The lowest BCUT2D eigenvalue weighted by molar-refractivity contribution is -0.115. The topological polar surface area (TPSA) is 59.8 Å². The number of carbonyl (C=O) groups excluding carboxylic acids is 1. The van der Waals surface area contributed by atoms with Crippen LogP contribution in [0.15, 0.2) is 47.6 Å². The van der Waals surface area contributed by atoms with E-state index in [-0.39, 0.29) is 5.69 Å². The molecule has 2 aromatic carbocycles. The predicted octanol–water partition coefficient (Wildman–Crippen LogP) is 4.53. The SMILES string of the molecule is C[C@H](Sc1nnc(-c2ccccc2Cl)n1C)C(=O)Nc1cc(F)ccc1F. The monoisotopic (exact) mass is 408 g/mol. The highest BCUT2D eigenvalue weighted by Gasteiger charge is 2.21. The van der Waals surface area contributed by atoms with E-state index in [9.17, 15) is 13.6 Å². The largest absolute Gasteiger partial charge is 0.323 e. The van der Waals surface area contributed by atoms with Crippen LogP contribution in [0.4, 0.5) is 14.5 Å². The summed E-state index contributed by atoms with van der Waals surface area (Å²) in [6.07, 6.45) is 0. The Kier molecular flexibility index (Phi) is 5.76. The molecule has 0 unspecified atom stereocenters. The molecule has 0 radical (unpaired) electrons. The Hall–Kier alpha value is -2.45. The highest BCUT2D eigenvalue weighted by molar-refractivity contribution is 8.00. The van der Waals surface area contributed by atoms with Crippen molar-refractivity contribution in [1.29, 1.82) is 0 Å². The zero-order valence-corrected chi connectivity index (χ0v) is 16.0. The molecule has 0 saturated heterocycles. The van der Waals surface area contributed by atoms with Gasteiger partial charge in [0.1, 0.15) is 11.6 Å². The van der Waals surface area contributed by atoms with Crippen LogP contribution in [-0.4, -0.2) is 25.9 Å². The van der Waals surface area contributed by atoms with Gasteiger partial charge in [-0.25, -0.2) is 8.78 Å². The molecule has 0 aliphatic carbocycles. The van der Waals surface area contributed by atoms with Crippen LogP contribution in [0.25, 0.3) is 11.4 Å². The molecule has 0 aliphatic rings. The van der Waals surface area contributed by atoms with Crippen LogP contribution in [0.3, 0.4) is 0 Å². The van der Waals surface area contributed by atoms with Crippen molar-refractivity contribution in [2.45, 2.75) is 17.3 Å². The second kappa shape index (κ2) is 8.06. The first-order chi connectivity index (χ1) is 12.9. The molecule has 0 saturated carbocycles. The quantitative estimate of drug-likeness (QED) is 0.630. The molecule has 1 heterocycles. The molecular weight excluding hydrogens is 394 g/mol. The molecular formula is C18H15ClF2N4OS. The summed E-state index contributed by atoms with van der Waals surface area (Å²) in [7, 11) is 1.76. The van der Waals surface area contributed by atoms with Gasteiger partial charge in [-0.2, -0.15) is 0 Å². The molecule has 1 atom stereocenters. The first kappa shape index (κ1) is 19.3. The van der Waals surface area contributed by atoms with Gasteiger partial charge in [-0.3, -0.25) is 4.79 Å². The Morgan fingerprint density at radius 2 is 1.96 bits per heavy atom. The molecule has 1 N–H and O–H groups in total. The Bertz CT molecular complexity index is 995. The molecule has 5 nitrogen and oxygen atoms in total. The summed E-state index contributed by atoms with van der Waals surface area (Å²) in [6, 6.07) is 10.1. The number of rotatable bonds is 5. The third kappa shape index (κ3) is 4.28. The van der Waals surface area contributed by atoms with Crippen molar-refractivity contribution in [1.82, 2.24) is 14.8 Å². The Morgan fingerprint density at radius 1 is 1.22 bits per heavy atom. The van der Waals surface area contributed by atoms with E-state index < -0.39 is 22.8 Å². The molecule has 0 bridgehead atoms. The molecule has 140 valence electrons. The summed E-state index contributed by atoms with van der Waals surface area (Å²) in [5.74, 6) is -1.26. The van der Waals surface area contributed by atoms with E-state index in [0.717, 1.165) is 35.5 Å². The summed E-state index contributed by atoms with van der Waals surface area (Å²) in [5.41, 5.74) is 0.516. The van der Waals surface area contributed by atoms with E-state index >= 15 is 0 Å². The molecule has 9 heteroatoms. The van der Waals surface area contributed by atoms with E-state index in [2.05, 4.69) is 15.5 Å². The number of nitrogens with zero attached hydrogens (tertiary/aromatic N) is 3. The van der Waals surface area contributed by atoms with E-state index in [4.69, 9.17) is 11.6 Å². The average molecular weight is 409 g/mol. The lowest BCUT2D eigenvalue weighted by atomic mass is 10.2. The zero-order valence-electron chi connectivity index (χ0n) is 14.4. The van der Waals surface area contributed by atoms with Crippen LogP contribution in [0.2, 0.25) is 5.02 Å². The number of benzene rings is 2. The van der Waals surface area contributed by atoms with Crippen molar-refractivity contribution in [3.63, 3.8) is 0 Å². The number of amides is 1. The van der Waals surface area contributed by atoms with Crippen molar-refractivity contribution in [2.75, 3.05) is 5.32 Å². The van der Waals surface area contributed by atoms with Crippen LogP contribution in [0.1, 0.15) is 6.92 Å². The van der Waals surface area contributed by atoms with Gasteiger partial charge in [-0.05, 0) is 31.2 Å². The van der Waals surface area contributed by atoms with Crippen LogP contribution in [-0.2, 0) is 11.8 Å². The number of hydrogen-bond donors (Lipinski definition) is 1. The maximum absolute atomic E-state index is 13.7. The Labute approximate surface area is 163 Å². The van der Waals surface area contributed by atoms with Crippen LogP contribution >= 0.6 is 23.4 Å². The van der Waals surface area contributed by atoms with E-state index in [0.29, 0.717) is 16.0 Å². The molecule has 0 spiro atoms. The minimum absolute atomic E-state index is 0.206. The van der Waals surface area contributed by atoms with Crippen LogP contribution < -0.4 is 5.32 Å². The molecule has 1 aromatic heterocycles. The number of hydrogen-bond acceptors (Lipinski definition) is 4. The summed E-state index contributed by atoms with van der Waals surface area (Å²) < 4.78 is 28.6. The highest BCUT2D eigenvalue weighted by Crippen LogP contribution is 2.30. The highest BCUT2D eigenvalue weighted by atomic mass is 35.5. The van der Waals surface area contributed by atoms with Gasteiger partial charge >= 0.3 is 0 Å². The minimum Gasteiger partial charge on any atom is -0.323 e. The van der Waals surface area contributed by atoms with Crippen molar-refractivity contribution >= 4 is 35.0 Å². The van der Waals surface area contributed by atoms with Gasteiger partial charge < -0.3 is 9.88 Å². The Morgan fingerprint density at radius 3 is 2.70 bits per heavy atom. The first-order valence-electron chi connectivity index (χ1n) is 7.93. The number of halogens is 3. The van der Waals surface area contributed by atoms with Gasteiger partial charge in [0.2, 0.25) is 5.91 Å². The molecule has 1 amide bonds. The Balaban J connectivity index is 1.75. The average Bonchev–Trinajstić information content (AvgIpc) is 2.99. The van der Waals surface area contributed by atoms with Crippen molar-refractivity contribution < 1.29 is 13.6 Å². The van der Waals surface area contributed by atoms with Crippen LogP contribution in [0, 0.1) is 11.6 Å². The number of aromatic nitrogens is 3. The van der Waals surface area contributed by atoms with Gasteiger partial charge in [0.05, 0.1) is 16.0 Å². The molecule has 0 aliphatic heterocycles. The third-order valence-electron chi connectivity index (χ3n) is 3.79. The molecule has 0 fully saturated rings. The normalized spacial score (nSPS) is 12.0. The van der Waals surface area contributed by atoms with Gasteiger partial charge in [0.25, 0.3) is 0 Å². The predicted molar refractivity (Wildman–Crippen MR) is 102 cm³/mol. The van der Waals surface area contributed by atoms with Crippen molar-refractivity contribution in [3.05, 3.63) is 59.1 Å². The van der Waals surface area contributed by atoms with E-state index in [1.165, 1.54) is 0 Å². The number of thioether (sulfide) groups is 1. The van der Waals surface area contributed by atoms with Gasteiger partial charge in [-0.1, -0.05) is 35.5 Å². The van der Waals surface area contributed by atoms with Gasteiger partial charge in [0.15, 0.2) is 11.0 Å². The minimum atomic E-state index is -0.707. The number of carbonyl (C=O) groups is 1. The van der Waals surface area contributed by atoms with Crippen molar-refractivity contribution in [2.24, 2.45) is 7.05 Å². The second-order valence-electron chi connectivity index (χ2n) is 5.72. The second-order valence-corrected chi connectivity index (χ2v) is 7.43. The maximum atomic E-state index is 13.7. The fourth-order valence-corrected chi connectivity index (χ4v) is 3.37. The summed E-state index contributed by atoms with van der Waals surface area (Å²) in [5, 5.41) is 11.0. The fourth-order valence-electron chi connectivity index (χ4n) is 2.33. The van der Waals surface area contributed by atoms with E-state index in [1.807, 2.05) is 18.2 Å². The molecule has 3 aromatic rings. The maximum Gasteiger partial charge on any atom is 0.237 e. The lowest BCUT2D eigenvalue weighted by Gasteiger charge is -2.12. The lowest BCUT2D eigenvalue weighted by Crippen LogP contribution is -2.23. The number of nitrogens with one attached hydrogen (secondary N) is 1. The summed E-state index contributed by atoms with van der Waals surface area (Å²) in [6.45, 7) is 1.64. The smallest absolute Gasteiger partial charge is 0.237 e. The van der Waals surface area contributed by atoms with E-state index in [1.54, 1.807) is 24.6 Å².